The van der Waals surface area contributed by atoms with Gasteiger partial charge in [0.1, 0.15) is 6.26 Å². The van der Waals surface area contributed by atoms with Crippen molar-refractivity contribution in [3.05, 3.63) is 24.4 Å². The highest BCUT2D eigenvalue weighted by atomic mass is 16.5. The Hall–Kier alpha value is -1.70. The number of hydrogen-bond acceptors (Lipinski definition) is 7. The van der Waals surface area contributed by atoms with Crippen LogP contribution in [0, 0.1) is 0 Å². The van der Waals surface area contributed by atoms with Gasteiger partial charge in [-0.2, -0.15) is 4.98 Å². The molecule has 1 aliphatic heterocycles. The fraction of sp³-hybridized carbons (Fsp3) is 0.600. The number of rotatable bonds is 7. The van der Waals surface area contributed by atoms with Crippen molar-refractivity contribution in [1.82, 2.24) is 15.0 Å². The van der Waals surface area contributed by atoms with Crippen LogP contribution < -0.4 is 0 Å². The number of aromatic nitrogens is 2. The summed E-state index contributed by atoms with van der Waals surface area (Å²) in [5.41, 5.74) is 0.801. The number of ether oxygens (including phenoxy) is 1. The topological polar surface area (TPSA) is 84.8 Å². The summed E-state index contributed by atoms with van der Waals surface area (Å²) in [6.45, 7) is 3.43. The van der Waals surface area contributed by atoms with Gasteiger partial charge in [-0.25, -0.2) is 0 Å². The van der Waals surface area contributed by atoms with E-state index in [1.165, 1.54) is 0 Å². The Morgan fingerprint density at radius 3 is 2.95 bits per heavy atom. The first kappa shape index (κ1) is 15.2. The Kier molecular flexibility index (Phi) is 5.20. The summed E-state index contributed by atoms with van der Waals surface area (Å²) in [5.74, 6) is 1.18. The zero-order valence-corrected chi connectivity index (χ0v) is 12.5. The van der Waals surface area contributed by atoms with Crippen molar-refractivity contribution in [2.45, 2.75) is 31.9 Å². The molecule has 0 saturated carbocycles. The van der Waals surface area contributed by atoms with Crippen LogP contribution in [0.2, 0.25) is 0 Å². The molecule has 0 amide bonds. The average Bonchev–Trinajstić information content (AvgIpc) is 3.20. The number of aliphatic hydroxyl groups excluding tert-OH is 1. The lowest BCUT2D eigenvalue weighted by Crippen LogP contribution is -2.37. The van der Waals surface area contributed by atoms with Crippen LogP contribution in [-0.2, 0) is 11.3 Å². The first-order valence-electron chi connectivity index (χ1n) is 7.65. The Labute approximate surface area is 128 Å². The van der Waals surface area contributed by atoms with E-state index >= 15 is 0 Å². The third-order valence-corrected chi connectivity index (χ3v) is 3.79. The number of piperidine rings is 1. The predicted octanol–water partition coefficient (Wildman–Crippen LogP) is 1.69. The molecule has 7 nitrogen and oxygen atoms in total. The van der Waals surface area contributed by atoms with Crippen LogP contribution in [0.1, 0.15) is 25.1 Å². The van der Waals surface area contributed by atoms with Crippen LogP contribution in [0.25, 0.3) is 11.5 Å². The first-order valence-corrected chi connectivity index (χ1v) is 7.65. The monoisotopic (exact) mass is 307 g/mol. The second kappa shape index (κ2) is 7.53. The molecule has 0 atom stereocenters. The van der Waals surface area contributed by atoms with E-state index in [1.54, 1.807) is 18.6 Å². The lowest BCUT2D eigenvalue weighted by Gasteiger charge is -2.30. The van der Waals surface area contributed by atoms with Gasteiger partial charge in [-0.15, -0.1) is 0 Å². The van der Waals surface area contributed by atoms with E-state index in [1.807, 2.05) is 0 Å². The van der Waals surface area contributed by atoms with Gasteiger partial charge in [-0.05, 0) is 25.3 Å². The van der Waals surface area contributed by atoms with Crippen molar-refractivity contribution in [2.75, 3.05) is 26.3 Å². The van der Waals surface area contributed by atoms with Crippen molar-refractivity contribution >= 4 is 0 Å². The van der Waals surface area contributed by atoms with Gasteiger partial charge in [0.2, 0.25) is 0 Å². The van der Waals surface area contributed by atoms with Gasteiger partial charge >= 0.3 is 0 Å². The van der Waals surface area contributed by atoms with Crippen molar-refractivity contribution < 1.29 is 18.8 Å². The van der Waals surface area contributed by atoms with Gasteiger partial charge in [0.15, 0.2) is 5.82 Å². The Morgan fingerprint density at radius 1 is 1.36 bits per heavy atom. The summed E-state index contributed by atoms with van der Waals surface area (Å²) in [6.07, 6.45) is 6.18. The van der Waals surface area contributed by atoms with E-state index < -0.39 is 0 Å². The number of aliphatic hydroxyl groups is 1. The maximum Gasteiger partial charge on any atom is 0.261 e. The highest BCUT2D eigenvalue weighted by molar-refractivity contribution is 5.49. The Morgan fingerprint density at radius 2 is 2.23 bits per heavy atom. The van der Waals surface area contributed by atoms with Crippen molar-refractivity contribution in [3.8, 4) is 11.5 Å². The number of nitrogens with zero attached hydrogens (tertiary/aromatic N) is 3. The zero-order chi connectivity index (χ0) is 15.2. The Balaban J connectivity index is 1.45. The molecule has 1 N–H and O–H groups in total. The van der Waals surface area contributed by atoms with E-state index in [9.17, 15) is 0 Å². The van der Waals surface area contributed by atoms with E-state index in [0.717, 1.165) is 31.5 Å². The molecule has 0 aliphatic carbocycles. The van der Waals surface area contributed by atoms with E-state index in [4.69, 9.17) is 18.8 Å². The van der Waals surface area contributed by atoms with E-state index in [-0.39, 0.29) is 6.61 Å². The minimum Gasteiger partial charge on any atom is -0.472 e. The SMILES string of the molecule is OCCCOC1CCN(Cc2noc(-c3ccoc3)n2)CC1. The quantitative estimate of drug-likeness (QED) is 0.779. The second-order valence-electron chi connectivity index (χ2n) is 5.45. The molecule has 0 spiro atoms. The molecule has 0 aromatic carbocycles. The summed E-state index contributed by atoms with van der Waals surface area (Å²) >= 11 is 0. The van der Waals surface area contributed by atoms with Gasteiger partial charge in [-0.1, -0.05) is 5.16 Å². The summed E-state index contributed by atoms with van der Waals surface area (Å²) in [4.78, 5) is 6.69. The molecular weight excluding hydrogens is 286 g/mol. The van der Waals surface area contributed by atoms with Gasteiger partial charge in [0.05, 0.1) is 24.5 Å². The molecule has 0 bridgehead atoms. The summed E-state index contributed by atoms with van der Waals surface area (Å²) in [7, 11) is 0. The minimum atomic E-state index is 0.190. The number of likely N-dealkylation sites (tertiary alicyclic amines) is 1. The van der Waals surface area contributed by atoms with Crippen LogP contribution in [-0.4, -0.2) is 52.6 Å². The van der Waals surface area contributed by atoms with E-state index in [2.05, 4.69) is 15.0 Å². The van der Waals surface area contributed by atoms with Gasteiger partial charge in [0.25, 0.3) is 5.89 Å². The van der Waals surface area contributed by atoms with Crippen LogP contribution >= 0.6 is 0 Å². The highest BCUT2D eigenvalue weighted by Gasteiger charge is 2.21. The molecule has 120 valence electrons. The second-order valence-corrected chi connectivity index (χ2v) is 5.45. The van der Waals surface area contributed by atoms with Crippen LogP contribution in [0.4, 0.5) is 0 Å². The van der Waals surface area contributed by atoms with E-state index in [0.29, 0.717) is 37.4 Å². The normalized spacial score (nSPS) is 17.1. The van der Waals surface area contributed by atoms with Crippen LogP contribution in [0.3, 0.4) is 0 Å². The molecule has 0 unspecified atom stereocenters. The van der Waals surface area contributed by atoms with Crippen LogP contribution in [0.15, 0.2) is 27.5 Å². The molecule has 1 saturated heterocycles. The zero-order valence-electron chi connectivity index (χ0n) is 12.5. The van der Waals surface area contributed by atoms with Gasteiger partial charge in [-0.3, -0.25) is 4.90 Å². The van der Waals surface area contributed by atoms with Crippen molar-refractivity contribution in [2.24, 2.45) is 0 Å². The van der Waals surface area contributed by atoms with Crippen LogP contribution in [0.5, 0.6) is 0 Å². The fourth-order valence-electron chi connectivity index (χ4n) is 2.57. The molecule has 7 heteroatoms. The molecule has 2 aromatic rings. The predicted molar refractivity (Wildman–Crippen MR) is 78.0 cm³/mol. The third kappa shape index (κ3) is 3.94. The fourth-order valence-corrected chi connectivity index (χ4v) is 2.57. The number of furan rings is 1. The summed E-state index contributed by atoms with van der Waals surface area (Å²) < 4.78 is 16.0. The Bertz CT molecular complexity index is 547. The molecule has 1 fully saturated rings. The maximum absolute atomic E-state index is 8.76. The smallest absolute Gasteiger partial charge is 0.261 e. The molecule has 3 heterocycles. The van der Waals surface area contributed by atoms with Crippen molar-refractivity contribution in [1.29, 1.82) is 0 Å². The largest absolute Gasteiger partial charge is 0.472 e. The van der Waals surface area contributed by atoms with Gasteiger partial charge in [0, 0.05) is 26.3 Å². The third-order valence-electron chi connectivity index (χ3n) is 3.79. The first-order chi connectivity index (χ1) is 10.8. The maximum atomic E-state index is 8.76. The molecule has 0 radical (unpaired) electrons. The molecule has 1 aliphatic rings. The summed E-state index contributed by atoms with van der Waals surface area (Å²) in [5, 5.41) is 12.8. The molecule has 2 aromatic heterocycles. The number of hydrogen-bond donors (Lipinski definition) is 1. The molecule has 3 rings (SSSR count). The summed E-state index contributed by atoms with van der Waals surface area (Å²) in [6, 6.07) is 1.80. The molecule has 22 heavy (non-hydrogen) atoms. The standard InChI is InChI=1S/C15H21N3O4/c19-7-1-8-21-13-2-5-18(6-3-13)10-14-16-15(22-17-14)12-4-9-20-11-12/h4,9,11,13,19H,1-3,5-8,10H2. The highest BCUT2D eigenvalue weighted by Crippen LogP contribution is 2.19. The lowest BCUT2D eigenvalue weighted by molar-refractivity contribution is 0.000252. The minimum absolute atomic E-state index is 0.190. The average molecular weight is 307 g/mol. The van der Waals surface area contributed by atoms with Crippen molar-refractivity contribution in [3.63, 3.8) is 0 Å². The lowest BCUT2D eigenvalue weighted by atomic mass is 10.1. The van der Waals surface area contributed by atoms with Gasteiger partial charge < -0.3 is 18.8 Å². The molecular formula is C15H21N3O4.